The van der Waals surface area contributed by atoms with Crippen LogP contribution in [0.25, 0.3) is 0 Å². The highest BCUT2D eigenvalue weighted by Gasteiger charge is 1.94. The number of hydrogen-bond acceptors (Lipinski definition) is 1. The van der Waals surface area contributed by atoms with Crippen molar-refractivity contribution in [3.63, 3.8) is 0 Å². The van der Waals surface area contributed by atoms with Gasteiger partial charge in [0.1, 0.15) is 0 Å². The third kappa shape index (κ3) is 7.12. The molecule has 0 bridgehead atoms. The number of carbonyl (C=O) groups excluding carboxylic acids is 1. The second kappa shape index (κ2) is 7.34. The minimum absolute atomic E-state index is 0.0867. The van der Waals surface area contributed by atoms with Crippen LogP contribution >= 0.6 is 0 Å². The van der Waals surface area contributed by atoms with Gasteiger partial charge >= 0.3 is 0 Å². The highest BCUT2D eigenvalue weighted by atomic mass is 16.1. The number of ketones is 1. The summed E-state index contributed by atoms with van der Waals surface area (Å²) >= 11 is 0. The first-order valence-electron chi connectivity index (χ1n) is 4.26. The number of hydrogen-bond donors (Lipinski definition) is 0. The van der Waals surface area contributed by atoms with Crippen LogP contribution in [0.4, 0.5) is 0 Å². The third-order valence-electron chi connectivity index (χ3n) is 1.52. The van der Waals surface area contributed by atoms with Crippen LogP contribution in [0.5, 0.6) is 0 Å². The third-order valence-corrected chi connectivity index (χ3v) is 1.52. The van der Waals surface area contributed by atoms with Crippen molar-refractivity contribution in [2.45, 2.75) is 46.0 Å². The Labute approximate surface area is 69.2 Å². The number of rotatable bonds is 5. The molecule has 0 atom stereocenters. The fraction of sp³-hybridized carbons (Fsp3) is 0.700. The molecular weight excluding hydrogens is 136 g/mol. The van der Waals surface area contributed by atoms with E-state index in [1.54, 1.807) is 6.92 Å². The van der Waals surface area contributed by atoms with Gasteiger partial charge in [-0.2, -0.15) is 0 Å². The van der Waals surface area contributed by atoms with Crippen LogP contribution in [0.3, 0.4) is 0 Å². The average Bonchev–Trinajstić information content (AvgIpc) is 1.99. The van der Waals surface area contributed by atoms with Crippen LogP contribution in [0.1, 0.15) is 46.0 Å². The van der Waals surface area contributed by atoms with Crippen LogP contribution in [0, 0.1) is 11.8 Å². The number of unbranched alkanes of at least 4 members (excludes halogenated alkanes) is 3. The summed E-state index contributed by atoms with van der Waals surface area (Å²) < 4.78 is 0. The Morgan fingerprint density at radius 2 is 2.00 bits per heavy atom. The Bertz CT molecular complexity index is 159. The van der Waals surface area contributed by atoms with Crippen molar-refractivity contribution in [3.05, 3.63) is 0 Å². The van der Waals surface area contributed by atoms with E-state index in [1.165, 1.54) is 12.8 Å². The van der Waals surface area contributed by atoms with E-state index < -0.39 is 0 Å². The second-order valence-corrected chi connectivity index (χ2v) is 2.61. The van der Waals surface area contributed by atoms with Gasteiger partial charge in [-0.3, -0.25) is 4.79 Å². The Morgan fingerprint density at radius 3 is 2.55 bits per heavy atom. The Kier molecular flexibility index (Phi) is 6.82. The van der Waals surface area contributed by atoms with Gasteiger partial charge in [0, 0.05) is 6.42 Å². The molecule has 1 heteroatoms. The predicted molar refractivity (Wildman–Crippen MR) is 47.2 cm³/mol. The topological polar surface area (TPSA) is 17.1 Å². The van der Waals surface area contributed by atoms with Gasteiger partial charge in [0.25, 0.3) is 0 Å². The zero-order valence-electron chi connectivity index (χ0n) is 7.44. The molecule has 0 aromatic carbocycles. The van der Waals surface area contributed by atoms with Crippen LogP contribution < -0.4 is 0 Å². The first-order valence-corrected chi connectivity index (χ1v) is 4.26. The fourth-order valence-corrected chi connectivity index (χ4v) is 0.914. The van der Waals surface area contributed by atoms with E-state index in [9.17, 15) is 4.79 Å². The molecule has 0 aromatic heterocycles. The SMILES string of the molecule is CC#CC(=O)CCCCCC. The number of Topliss-reactive ketones (excluding diaryl/α,β-unsaturated/α-hetero) is 1. The van der Waals surface area contributed by atoms with E-state index in [0.717, 1.165) is 12.8 Å². The summed E-state index contributed by atoms with van der Waals surface area (Å²) in [5, 5.41) is 0. The standard InChI is InChI=1S/C10H16O/c1-3-5-6-7-9-10(11)8-4-2/h3,5-7,9H2,1-2H3. The van der Waals surface area contributed by atoms with Gasteiger partial charge in [-0.05, 0) is 19.3 Å². The molecule has 1 nitrogen and oxygen atoms in total. The van der Waals surface area contributed by atoms with Crippen LogP contribution in [0.15, 0.2) is 0 Å². The van der Waals surface area contributed by atoms with Gasteiger partial charge < -0.3 is 0 Å². The molecule has 0 spiro atoms. The minimum atomic E-state index is 0.0867. The van der Waals surface area contributed by atoms with E-state index in [0.29, 0.717) is 6.42 Å². The quantitative estimate of drug-likeness (QED) is 0.336. The van der Waals surface area contributed by atoms with Crippen molar-refractivity contribution in [2.75, 3.05) is 0 Å². The van der Waals surface area contributed by atoms with Gasteiger partial charge in [-0.1, -0.05) is 32.1 Å². The lowest BCUT2D eigenvalue weighted by molar-refractivity contribution is -0.113. The van der Waals surface area contributed by atoms with E-state index >= 15 is 0 Å². The van der Waals surface area contributed by atoms with E-state index in [2.05, 4.69) is 18.8 Å². The summed E-state index contributed by atoms with van der Waals surface area (Å²) in [5.41, 5.74) is 0. The summed E-state index contributed by atoms with van der Waals surface area (Å²) in [6.07, 6.45) is 5.25. The molecule has 62 valence electrons. The summed E-state index contributed by atoms with van der Waals surface area (Å²) in [6, 6.07) is 0. The van der Waals surface area contributed by atoms with Crippen molar-refractivity contribution >= 4 is 5.78 Å². The molecule has 0 aliphatic carbocycles. The molecule has 0 unspecified atom stereocenters. The summed E-state index contributed by atoms with van der Waals surface area (Å²) in [6.45, 7) is 3.86. The maximum atomic E-state index is 10.8. The smallest absolute Gasteiger partial charge is 0.205 e. The lowest BCUT2D eigenvalue weighted by Gasteiger charge is -1.93. The van der Waals surface area contributed by atoms with Crippen LogP contribution in [0.2, 0.25) is 0 Å². The van der Waals surface area contributed by atoms with Crippen molar-refractivity contribution in [1.29, 1.82) is 0 Å². The first kappa shape index (κ1) is 10.2. The summed E-state index contributed by atoms with van der Waals surface area (Å²) in [5.74, 6) is 5.23. The van der Waals surface area contributed by atoms with Gasteiger partial charge in [0.2, 0.25) is 5.78 Å². The zero-order valence-corrected chi connectivity index (χ0v) is 7.44. The van der Waals surface area contributed by atoms with E-state index in [1.807, 2.05) is 0 Å². The molecule has 0 saturated heterocycles. The van der Waals surface area contributed by atoms with Crippen LogP contribution in [-0.2, 0) is 4.79 Å². The Morgan fingerprint density at radius 1 is 1.27 bits per heavy atom. The highest BCUT2D eigenvalue weighted by Crippen LogP contribution is 2.02. The molecule has 0 aliphatic rings. The molecule has 0 heterocycles. The molecule has 0 saturated carbocycles. The molecule has 0 fully saturated rings. The Hall–Kier alpha value is -0.770. The lowest BCUT2D eigenvalue weighted by Crippen LogP contribution is -1.92. The van der Waals surface area contributed by atoms with Gasteiger partial charge in [-0.25, -0.2) is 0 Å². The molecule has 11 heavy (non-hydrogen) atoms. The molecule has 0 amide bonds. The fourth-order valence-electron chi connectivity index (χ4n) is 0.914. The maximum absolute atomic E-state index is 10.8. The normalized spacial score (nSPS) is 8.55. The maximum Gasteiger partial charge on any atom is 0.205 e. The van der Waals surface area contributed by atoms with Crippen molar-refractivity contribution in [2.24, 2.45) is 0 Å². The van der Waals surface area contributed by atoms with Gasteiger partial charge in [0.15, 0.2) is 0 Å². The van der Waals surface area contributed by atoms with Crippen molar-refractivity contribution < 1.29 is 4.79 Å². The Balaban J connectivity index is 3.22. The molecule has 0 rings (SSSR count). The zero-order chi connectivity index (χ0) is 8.53. The summed E-state index contributed by atoms with van der Waals surface area (Å²) in [7, 11) is 0. The lowest BCUT2D eigenvalue weighted by atomic mass is 10.1. The molecule has 0 aliphatic heterocycles. The van der Waals surface area contributed by atoms with Gasteiger partial charge in [0.05, 0.1) is 0 Å². The average molecular weight is 152 g/mol. The van der Waals surface area contributed by atoms with Crippen molar-refractivity contribution in [3.8, 4) is 11.8 Å². The van der Waals surface area contributed by atoms with E-state index in [4.69, 9.17) is 0 Å². The monoisotopic (exact) mass is 152 g/mol. The molecule has 0 N–H and O–H groups in total. The minimum Gasteiger partial charge on any atom is -0.285 e. The predicted octanol–water partition coefficient (Wildman–Crippen LogP) is 2.55. The molecule has 0 radical (unpaired) electrons. The van der Waals surface area contributed by atoms with Crippen LogP contribution in [-0.4, -0.2) is 5.78 Å². The van der Waals surface area contributed by atoms with Crippen molar-refractivity contribution in [1.82, 2.24) is 0 Å². The van der Waals surface area contributed by atoms with Gasteiger partial charge in [-0.15, -0.1) is 0 Å². The largest absolute Gasteiger partial charge is 0.285 e. The molecular formula is C10H16O. The second-order valence-electron chi connectivity index (χ2n) is 2.61. The van der Waals surface area contributed by atoms with E-state index in [-0.39, 0.29) is 5.78 Å². The number of carbonyl (C=O) groups is 1. The highest BCUT2D eigenvalue weighted by molar-refractivity contribution is 5.95. The summed E-state index contributed by atoms with van der Waals surface area (Å²) in [4.78, 5) is 10.8. The molecule has 0 aromatic rings. The first-order chi connectivity index (χ1) is 5.31.